The Kier molecular flexibility index (Phi) is 2.65. The van der Waals surface area contributed by atoms with E-state index in [9.17, 15) is 4.79 Å². The zero-order valence-electron chi connectivity index (χ0n) is 6.28. The fourth-order valence-corrected chi connectivity index (χ4v) is 1.72. The van der Waals surface area contributed by atoms with Crippen molar-refractivity contribution in [1.29, 1.82) is 0 Å². The molecule has 0 saturated heterocycles. The molecule has 0 bridgehead atoms. The molecule has 2 nitrogen and oxygen atoms in total. The normalized spacial score (nSPS) is 12.8. The van der Waals surface area contributed by atoms with Crippen LogP contribution in [0.1, 0.15) is 24.1 Å². The first kappa shape index (κ1) is 8.27. The Morgan fingerprint density at radius 3 is 3.00 bits per heavy atom. The second-order valence-electron chi connectivity index (χ2n) is 2.51. The third kappa shape index (κ3) is 2.35. The zero-order chi connectivity index (χ0) is 8.27. The van der Waals surface area contributed by atoms with E-state index >= 15 is 0 Å². The van der Waals surface area contributed by atoms with Crippen molar-refractivity contribution in [3.8, 4) is 0 Å². The number of hydrogen-bond acceptors (Lipinski definition) is 2. The Morgan fingerprint density at radius 2 is 2.55 bits per heavy atom. The molecule has 0 radical (unpaired) electrons. The predicted molar refractivity (Wildman–Crippen MR) is 45.0 cm³/mol. The molecule has 0 spiro atoms. The minimum absolute atomic E-state index is 0.146. The Balaban J connectivity index is 2.56. The van der Waals surface area contributed by atoms with Crippen LogP contribution in [0.15, 0.2) is 17.5 Å². The molecule has 1 atom stereocenters. The first-order valence-electron chi connectivity index (χ1n) is 3.45. The first-order chi connectivity index (χ1) is 5.20. The molecule has 0 saturated carbocycles. The molecule has 1 rings (SSSR count). The molecule has 0 unspecified atom stereocenters. The van der Waals surface area contributed by atoms with Crippen molar-refractivity contribution < 1.29 is 9.90 Å². The maximum atomic E-state index is 10.3. The number of hydrogen-bond donors (Lipinski definition) is 1. The summed E-state index contributed by atoms with van der Waals surface area (Å²) in [6, 6.07) is 3.91. The van der Waals surface area contributed by atoms with Gasteiger partial charge in [0.2, 0.25) is 0 Å². The van der Waals surface area contributed by atoms with Crippen molar-refractivity contribution in [2.45, 2.75) is 19.3 Å². The van der Waals surface area contributed by atoms with Crippen LogP contribution in [-0.4, -0.2) is 11.1 Å². The van der Waals surface area contributed by atoms with Gasteiger partial charge in [-0.05, 0) is 11.4 Å². The molecule has 1 N–H and O–H groups in total. The number of carbonyl (C=O) groups is 1. The highest BCUT2D eigenvalue weighted by molar-refractivity contribution is 7.10. The number of thiophene rings is 1. The summed E-state index contributed by atoms with van der Waals surface area (Å²) in [4.78, 5) is 11.5. The van der Waals surface area contributed by atoms with Gasteiger partial charge in [-0.3, -0.25) is 4.79 Å². The molecule has 0 aromatic carbocycles. The van der Waals surface area contributed by atoms with E-state index in [1.165, 1.54) is 0 Å². The summed E-state index contributed by atoms with van der Waals surface area (Å²) in [6.45, 7) is 1.93. The smallest absolute Gasteiger partial charge is 0.303 e. The van der Waals surface area contributed by atoms with Gasteiger partial charge in [0.05, 0.1) is 6.42 Å². The van der Waals surface area contributed by atoms with Crippen LogP contribution in [-0.2, 0) is 4.79 Å². The SMILES string of the molecule is C[C@@H](CC(=O)O)c1cccs1. The lowest BCUT2D eigenvalue weighted by molar-refractivity contribution is -0.137. The lowest BCUT2D eigenvalue weighted by Gasteiger charge is -2.03. The Hall–Kier alpha value is -0.830. The summed E-state index contributed by atoms with van der Waals surface area (Å²) in [6.07, 6.45) is 0.223. The molecule has 0 fully saturated rings. The molecule has 0 aliphatic carbocycles. The van der Waals surface area contributed by atoms with E-state index in [4.69, 9.17) is 5.11 Å². The van der Waals surface area contributed by atoms with Gasteiger partial charge in [0, 0.05) is 10.8 Å². The lowest BCUT2D eigenvalue weighted by atomic mass is 10.1. The summed E-state index contributed by atoms with van der Waals surface area (Å²) < 4.78 is 0. The second kappa shape index (κ2) is 3.53. The largest absolute Gasteiger partial charge is 0.481 e. The Labute approximate surface area is 69.5 Å². The average Bonchev–Trinajstić information content (AvgIpc) is 2.35. The number of carboxylic acids is 1. The topological polar surface area (TPSA) is 37.3 Å². The monoisotopic (exact) mass is 170 g/mol. The number of carboxylic acid groups (broad SMARTS) is 1. The van der Waals surface area contributed by atoms with Gasteiger partial charge in [-0.2, -0.15) is 0 Å². The average molecular weight is 170 g/mol. The van der Waals surface area contributed by atoms with Crippen LogP contribution in [0.5, 0.6) is 0 Å². The van der Waals surface area contributed by atoms with Gasteiger partial charge in [-0.1, -0.05) is 13.0 Å². The molecule has 11 heavy (non-hydrogen) atoms. The van der Waals surface area contributed by atoms with Gasteiger partial charge in [-0.15, -0.1) is 11.3 Å². The molecule has 3 heteroatoms. The van der Waals surface area contributed by atoms with Crippen molar-refractivity contribution in [3.05, 3.63) is 22.4 Å². The van der Waals surface area contributed by atoms with Crippen LogP contribution in [0.2, 0.25) is 0 Å². The van der Waals surface area contributed by atoms with Crippen LogP contribution >= 0.6 is 11.3 Å². The van der Waals surface area contributed by atoms with E-state index in [-0.39, 0.29) is 12.3 Å². The second-order valence-corrected chi connectivity index (χ2v) is 3.49. The highest BCUT2D eigenvalue weighted by Crippen LogP contribution is 2.23. The van der Waals surface area contributed by atoms with Crippen LogP contribution in [0.25, 0.3) is 0 Å². The first-order valence-corrected chi connectivity index (χ1v) is 4.33. The van der Waals surface area contributed by atoms with Crippen molar-refractivity contribution in [2.24, 2.45) is 0 Å². The molecular formula is C8H10O2S. The van der Waals surface area contributed by atoms with Crippen molar-refractivity contribution in [1.82, 2.24) is 0 Å². The summed E-state index contributed by atoms with van der Waals surface area (Å²) in [7, 11) is 0. The van der Waals surface area contributed by atoms with Crippen LogP contribution < -0.4 is 0 Å². The van der Waals surface area contributed by atoms with E-state index in [2.05, 4.69) is 0 Å². The van der Waals surface area contributed by atoms with Crippen LogP contribution in [0.3, 0.4) is 0 Å². The van der Waals surface area contributed by atoms with Gasteiger partial charge < -0.3 is 5.11 Å². The third-order valence-electron chi connectivity index (χ3n) is 1.51. The van der Waals surface area contributed by atoms with Crippen LogP contribution in [0.4, 0.5) is 0 Å². The molecule has 1 heterocycles. The summed E-state index contributed by atoms with van der Waals surface area (Å²) in [5.74, 6) is -0.585. The van der Waals surface area contributed by atoms with Crippen molar-refractivity contribution >= 4 is 17.3 Å². The van der Waals surface area contributed by atoms with Gasteiger partial charge in [0.25, 0.3) is 0 Å². The minimum Gasteiger partial charge on any atom is -0.481 e. The molecule has 0 aliphatic heterocycles. The summed E-state index contributed by atoms with van der Waals surface area (Å²) >= 11 is 1.61. The number of rotatable bonds is 3. The van der Waals surface area contributed by atoms with Crippen molar-refractivity contribution in [3.63, 3.8) is 0 Å². The molecular weight excluding hydrogens is 160 g/mol. The quantitative estimate of drug-likeness (QED) is 0.755. The van der Waals surface area contributed by atoms with Crippen LogP contribution in [0, 0.1) is 0 Å². The lowest BCUT2D eigenvalue weighted by Crippen LogP contribution is -2.00. The van der Waals surface area contributed by atoms with Gasteiger partial charge in [0.1, 0.15) is 0 Å². The Morgan fingerprint density at radius 1 is 1.82 bits per heavy atom. The highest BCUT2D eigenvalue weighted by atomic mass is 32.1. The maximum absolute atomic E-state index is 10.3. The standard InChI is InChI=1S/C8H10O2S/c1-6(5-8(9)10)7-3-2-4-11-7/h2-4,6H,5H2,1H3,(H,9,10)/t6-/m0/s1. The molecule has 1 aromatic rings. The van der Waals surface area contributed by atoms with E-state index in [1.54, 1.807) is 11.3 Å². The van der Waals surface area contributed by atoms with Gasteiger partial charge in [-0.25, -0.2) is 0 Å². The summed E-state index contributed by atoms with van der Waals surface area (Å²) in [5, 5.41) is 10.5. The summed E-state index contributed by atoms with van der Waals surface area (Å²) in [5.41, 5.74) is 0. The fourth-order valence-electron chi connectivity index (χ4n) is 0.934. The maximum Gasteiger partial charge on any atom is 0.303 e. The van der Waals surface area contributed by atoms with Gasteiger partial charge in [0.15, 0.2) is 0 Å². The molecule has 0 aliphatic rings. The zero-order valence-corrected chi connectivity index (χ0v) is 7.10. The van der Waals surface area contributed by atoms with E-state index in [0.717, 1.165) is 4.88 Å². The minimum atomic E-state index is -0.731. The van der Waals surface area contributed by atoms with Crippen molar-refractivity contribution in [2.75, 3.05) is 0 Å². The van der Waals surface area contributed by atoms with E-state index in [1.807, 2.05) is 24.4 Å². The van der Waals surface area contributed by atoms with E-state index in [0.29, 0.717) is 0 Å². The Bertz CT molecular complexity index is 228. The van der Waals surface area contributed by atoms with E-state index < -0.39 is 5.97 Å². The molecule has 0 amide bonds. The highest BCUT2D eigenvalue weighted by Gasteiger charge is 2.09. The molecule has 60 valence electrons. The fraction of sp³-hybridized carbons (Fsp3) is 0.375. The third-order valence-corrected chi connectivity index (χ3v) is 2.61. The molecule has 1 aromatic heterocycles. The number of aliphatic carboxylic acids is 1. The predicted octanol–water partition coefficient (Wildman–Crippen LogP) is 2.33. The van der Waals surface area contributed by atoms with Gasteiger partial charge >= 0.3 is 5.97 Å².